The molecule has 0 bridgehead atoms. The molecule has 1 aliphatic carbocycles. The molecule has 0 unspecified atom stereocenters. The van der Waals surface area contributed by atoms with Crippen molar-refractivity contribution in [3.8, 4) is 0 Å². The number of anilines is 1. The van der Waals surface area contributed by atoms with Gasteiger partial charge in [0.05, 0.1) is 0 Å². The van der Waals surface area contributed by atoms with Crippen molar-refractivity contribution in [3.63, 3.8) is 0 Å². The SMILES string of the molecule is CC1CCC(CNc2nncs2)CC1. The van der Waals surface area contributed by atoms with Crippen molar-refractivity contribution in [2.45, 2.75) is 32.6 Å². The highest BCUT2D eigenvalue weighted by molar-refractivity contribution is 7.13. The highest BCUT2D eigenvalue weighted by atomic mass is 32.1. The molecule has 0 amide bonds. The third-order valence-corrected chi connectivity index (χ3v) is 3.69. The fraction of sp³-hybridized carbons (Fsp3) is 0.800. The molecule has 0 saturated heterocycles. The van der Waals surface area contributed by atoms with Crippen molar-refractivity contribution < 1.29 is 0 Å². The van der Waals surface area contributed by atoms with Crippen LogP contribution in [0.2, 0.25) is 0 Å². The minimum Gasteiger partial charge on any atom is -0.360 e. The minimum absolute atomic E-state index is 0.843. The summed E-state index contributed by atoms with van der Waals surface area (Å²) >= 11 is 1.58. The van der Waals surface area contributed by atoms with E-state index in [-0.39, 0.29) is 0 Å². The Morgan fingerprint density at radius 1 is 1.43 bits per heavy atom. The van der Waals surface area contributed by atoms with Gasteiger partial charge in [0, 0.05) is 6.54 Å². The maximum Gasteiger partial charge on any atom is 0.205 e. The summed E-state index contributed by atoms with van der Waals surface area (Å²) in [4.78, 5) is 0. The summed E-state index contributed by atoms with van der Waals surface area (Å²) < 4.78 is 0. The number of nitrogens with zero attached hydrogens (tertiary/aromatic N) is 2. The Balaban J connectivity index is 1.71. The van der Waals surface area contributed by atoms with E-state index < -0.39 is 0 Å². The second-order valence-corrected chi connectivity index (χ2v) is 5.08. The standard InChI is InChI=1S/C10H17N3S/c1-8-2-4-9(5-3-8)6-11-10-13-12-7-14-10/h7-9H,2-6H2,1H3,(H,11,13). The lowest BCUT2D eigenvalue weighted by Gasteiger charge is -2.25. The largest absolute Gasteiger partial charge is 0.360 e. The molecule has 1 aromatic rings. The third-order valence-electron chi connectivity index (χ3n) is 3.04. The van der Waals surface area contributed by atoms with E-state index in [9.17, 15) is 0 Å². The van der Waals surface area contributed by atoms with Gasteiger partial charge in [0.25, 0.3) is 0 Å². The molecule has 2 rings (SSSR count). The molecule has 4 heteroatoms. The van der Waals surface area contributed by atoms with Crippen LogP contribution in [0.1, 0.15) is 32.6 Å². The lowest BCUT2D eigenvalue weighted by molar-refractivity contribution is 0.300. The van der Waals surface area contributed by atoms with E-state index >= 15 is 0 Å². The predicted octanol–water partition coefficient (Wildman–Crippen LogP) is 2.78. The van der Waals surface area contributed by atoms with E-state index in [1.807, 2.05) is 0 Å². The van der Waals surface area contributed by atoms with Gasteiger partial charge in [-0.15, -0.1) is 10.2 Å². The molecule has 1 aliphatic rings. The zero-order valence-corrected chi connectivity index (χ0v) is 9.39. The zero-order valence-electron chi connectivity index (χ0n) is 8.57. The van der Waals surface area contributed by atoms with E-state index in [4.69, 9.17) is 0 Å². The van der Waals surface area contributed by atoms with E-state index in [2.05, 4.69) is 22.4 Å². The van der Waals surface area contributed by atoms with Gasteiger partial charge < -0.3 is 5.32 Å². The summed E-state index contributed by atoms with van der Waals surface area (Å²) in [5.74, 6) is 1.78. The van der Waals surface area contributed by atoms with Gasteiger partial charge in [-0.3, -0.25) is 0 Å². The van der Waals surface area contributed by atoms with Gasteiger partial charge in [-0.25, -0.2) is 0 Å². The first-order chi connectivity index (χ1) is 6.84. The number of aromatic nitrogens is 2. The molecule has 0 aliphatic heterocycles. The summed E-state index contributed by atoms with van der Waals surface area (Å²) in [6.07, 6.45) is 5.52. The van der Waals surface area contributed by atoms with Crippen molar-refractivity contribution in [2.75, 3.05) is 11.9 Å². The molecule has 78 valence electrons. The van der Waals surface area contributed by atoms with Crippen LogP contribution in [0.15, 0.2) is 5.51 Å². The van der Waals surface area contributed by atoms with Crippen LogP contribution >= 0.6 is 11.3 Å². The van der Waals surface area contributed by atoms with Crippen LogP contribution in [-0.4, -0.2) is 16.7 Å². The fourth-order valence-corrected chi connectivity index (χ4v) is 2.47. The van der Waals surface area contributed by atoms with Crippen molar-refractivity contribution in [1.82, 2.24) is 10.2 Å². The van der Waals surface area contributed by atoms with Gasteiger partial charge in [0.15, 0.2) is 0 Å². The molecule has 1 N–H and O–H groups in total. The summed E-state index contributed by atoms with van der Waals surface area (Å²) in [6.45, 7) is 3.43. The zero-order chi connectivity index (χ0) is 9.80. The molecular weight excluding hydrogens is 194 g/mol. The van der Waals surface area contributed by atoms with Gasteiger partial charge in [-0.05, 0) is 24.7 Å². The predicted molar refractivity (Wildman–Crippen MR) is 59.5 cm³/mol. The number of rotatable bonds is 3. The highest BCUT2D eigenvalue weighted by Gasteiger charge is 2.17. The Labute approximate surface area is 88.9 Å². The monoisotopic (exact) mass is 211 g/mol. The molecule has 1 aromatic heterocycles. The van der Waals surface area contributed by atoms with Gasteiger partial charge in [-0.1, -0.05) is 31.1 Å². The van der Waals surface area contributed by atoms with E-state index in [1.165, 1.54) is 25.7 Å². The molecule has 3 nitrogen and oxygen atoms in total. The van der Waals surface area contributed by atoms with Crippen molar-refractivity contribution >= 4 is 16.5 Å². The normalized spacial score (nSPS) is 27.5. The Morgan fingerprint density at radius 2 is 2.21 bits per heavy atom. The van der Waals surface area contributed by atoms with Crippen molar-refractivity contribution in [2.24, 2.45) is 11.8 Å². The molecule has 1 saturated carbocycles. The highest BCUT2D eigenvalue weighted by Crippen LogP contribution is 2.28. The first kappa shape index (κ1) is 9.90. The van der Waals surface area contributed by atoms with Crippen molar-refractivity contribution in [3.05, 3.63) is 5.51 Å². The van der Waals surface area contributed by atoms with Gasteiger partial charge in [0.1, 0.15) is 5.51 Å². The van der Waals surface area contributed by atoms with Crippen LogP contribution in [0.5, 0.6) is 0 Å². The van der Waals surface area contributed by atoms with Crippen LogP contribution in [0.4, 0.5) is 5.13 Å². The number of hydrogen-bond acceptors (Lipinski definition) is 4. The van der Waals surface area contributed by atoms with Crippen LogP contribution in [0.25, 0.3) is 0 Å². The first-order valence-corrected chi connectivity index (χ1v) is 6.22. The smallest absolute Gasteiger partial charge is 0.205 e. The van der Waals surface area contributed by atoms with E-state index in [1.54, 1.807) is 16.8 Å². The summed E-state index contributed by atoms with van der Waals surface area (Å²) in [5.41, 5.74) is 1.77. The Bertz CT molecular complexity index is 252. The lowest BCUT2D eigenvalue weighted by atomic mass is 9.83. The average molecular weight is 211 g/mol. The number of nitrogens with one attached hydrogen (secondary N) is 1. The van der Waals surface area contributed by atoms with Crippen LogP contribution < -0.4 is 5.32 Å². The van der Waals surface area contributed by atoms with Gasteiger partial charge in [0.2, 0.25) is 5.13 Å². The molecule has 0 aromatic carbocycles. The fourth-order valence-electron chi connectivity index (χ4n) is 2.01. The van der Waals surface area contributed by atoms with Crippen molar-refractivity contribution in [1.29, 1.82) is 0 Å². The maximum atomic E-state index is 3.97. The Kier molecular flexibility index (Phi) is 3.35. The second-order valence-electron chi connectivity index (χ2n) is 4.25. The second kappa shape index (κ2) is 4.73. The molecule has 14 heavy (non-hydrogen) atoms. The number of hydrogen-bond donors (Lipinski definition) is 1. The third kappa shape index (κ3) is 2.67. The average Bonchev–Trinajstić information content (AvgIpc) is 2.70. The molecular formula is C10H17N3S. The quantitative estimate of drug-likeness (QED) is 0.835. The Hall–Kier alpha value is -0.640. The lowest BCUT2D eigenvalue weighted by Crippen LogP contribution is -2.20. The van der Waals surface area contributed by atoms with Crippen LogP contribution in [-0.2, 0) is 0 Å². The van der Waals surface area contributed by atoms with Crippen LogP contribution in [0, 0.1) is 11.8 Å². The Morgan fingerprint density at radius 3 is 2.86 bits per heavy atom. The molecule has 0 atom stereocenters. The summed E-state index contributed by atoms with van der Waals surface area (Å²) in [7, 11) is 0. The maximum absolute atomic E-state index is 3.97. The van der Waals surface area contributed by atoms with E-state index in [0.29, 0.717) is 0 Å². The molecule has 0 radical (unpaired) electrons. The topological polar surface area (TPSA) is 37.8 Å². The first-order valence-electron chi connectivity index (χ1n) is 5.34. The molecule has 0 spiro atoms. The summed E-state index contributed by atoms with van der Waals surface area (Å²) in [6, 6.07) is 0. The van der Waals surface area contributed by atoms with E-state index in [0.717, 1.165) is 23.5 Å². The molecule has 1 heterocycles. The minimum atomic E-state index is 0.843. The van der Waals surface area contributed by atoms with Gasteiger partial charge in [-0.2, -0.15) is 0 Å². The molecule has 1 fully saturated rings. The summed E-state index contributed by atoms with van der Waals surface area (Å²) in [5, 5.41) is 12.1. The van der Waals surface area contributed by atoms with Crippen LogP contribution in [0.3, 0.4) is 0 Å². The van der Waals surface area contributed by atoms with Gasteiger partial charge >= 0.3 is 0 Å².